The smallest absolute Gasteiger partial charge is 0.226 e. The lowest BCUT2D eigenvalue weighted by atomic mass is 9.93. The van der Waals surface area contributed by atoms with Crippen LogP contribution in [0.1, 0.15) is 46.8 Å². The van der Waals surface area contributed by atoms with Gasteiger partial charge in [0.2, 0.25) is 5.91 Å². The first-order valence-electron chi connectivity index (χ1n) is 6.12. The quantitative estimate of drug-likeness (QED) is 0.920. The summed E-state index contributed by atoms with van der Waals surface area (Å²) < 4.78 is 5.18. The molecule has 5 nitrogen and oxygen atoms in total. The molecule has 1 aromatic rings. The molecule has 1 unspecified atom stereocenters. The maximum absolute atomic E-state index is 11.7. The predicted molar refractivity (Wildman–Crippen MR) is 76.2 cm³/mol. The summed E-state index contributed by atoms with van der Waals surface area (Å²) in [6.07, 6.45) is 0.266. The SMILES string of the molecule is CC(=O)SC(C)CC(=O)Nc1cc(C(C)(C)C)on1. The summed E-state index contributed by atoms with van der Waals surface area (Å²) in [6, 6.07) is 1.72. The third kappa shape index (κ3) is 5.46. The first-order valence-corrected chi connectivity index (χ1v) is 7.00. The fourth-order valence-corrected chi connectivity index (χ4v) is 2.27. The van der Waals surface area contributed by atoms with Gasteiger partial charge in [0.05, 0.1) is 0 Å². The molecule has 106 valence electrons. The van der Waals surface area contributed by atoms with Crippen molar-refractivity contribution in [3.05, 3.63) is 11.8 Å². The van der Waals surface area contributed by atoms with Crippen molar-refractivity contribution in [1.29, 1.82) is 0 Å². The van der Waals surface area contributed by atoms with Crippen LogP contribution in [0.4, 0.5) is 5.82 Å². The Morgan fingerprint density at radius 3 is 2.58 bits per heavy atom. The van der Waals surface area contributed by atoms with E-state index in [0.29, 0.717) is 11.6 Å². The number of thioether (sulfide) groups is 1. The zero-order valence-corrected chi connectivity index (χ0v) is 12.8. The zero-order valence-electron chi connectivity index (χ0n) is 11.9. The molecule has 0 aromatic carbocycles. The van der Waals surface area contributed by atoms with Crippen molar-refractivity contribution in [2.45, 2.75) is 51.7 Å². The van der Waals surface area contributed by atoms with Crippen LogP contribution in [0, 0.1) is 0 Å². The molecule has 1 heterocycles. The van der Waals surface area contributed by atoms with Crippen LogP contribution in [0.25, 0.3) is 0 Å². The van der Waals surface area contributed by atoms with Gasteiger partial charge in [0.25, 0.3) is 0 Å². The number of aromatic nitrogens is 1. The fourth-order valence-electron chi connectivity index (χ4n) is 1.47. The number of nitrogens with one attached hydrogen (secondary N) is 1. The molecule has 1 rings (SSSR count). The van der Waals surface area contributed by atoms with E-state index in [0.717, 1.165) is 11.8 Å². The Morgan fingerprint density at radius 1 is 1.47 bits per heavy atom. The summed E-state index contributed by atoms with van der Waals surface area (Å²) in [5.74, 6) is 0.957. The van der Waals surface area contributed by atoms with Gasteiger partial charge in [-0.15, -0.1) is 0 Å². The van der Waals surface area contributed by atoms with Gasteiger partial charge in [-0.25, -0.2) is 0 Å². The van der Waals surface area contributed by atoms with Crippen LogP contribution >= 0.6 is 11.8 Å². The average molecular weight is 284 g/mol. The number of rotatable bonds is 4. The molecule has 0 saturated heterocycles. The second-order valence-corrected chi connectivity index (χ2v) is 7.11. The molecule has 0 radical (unpaired) electrons. The van der Waals surface area contributed by atoms with Crippen molar-refractivity contribution in [2.75, 3.05) is 5.32 Å². The topological polar surface area (TPSA) is 72.2 Å². The maximum Gasteiger partial charge on any atom is 0.226 e. The second-order valence-electron chi connectivity index (χ2n) is 5.50. The van der Waals surface area contributed by atoms with Gasteiger partial charge in [0.15, 0.2) is 10.9 Å². The molecular weight excluding hydrogens is 264 g/mol. The van der Waals surface area contributed by atoms with E-state index in [-0.39, 0.29) is 28.1 Å². The van der Waals surface area contributed by atoms with Crippen LogP contribution in [0.2, 0.25) is 0 Å². The van der Waals surface area contributed by atoms with Crippen LogP contribution in [0.15, 0.2) is 10.6 Å². The lowest BCUT2D eigenvalue weighted by Gasteiger charge is -2.12. The van der Waals surface area contributed by atoms with Gasteiger partial charge < -0.3 is 9.84 Å². The van der Waals surface area contributed by atoms with E-state index >= 15 is 0 Å². The van der Waals surface area contributed by atoms with Gasteiger partial charge in [-0.1, -0.05) is 44.6 Å². The summed E-state index contributed by atoms with van der Waals surface area (Å²) in [5, 5.41) is 6.44. The molecule has 1 aromatic heterocycles. The predicted octanol–water partition coefficient (Wildman–Crippen LogP) is 2.97. The van der Waals surface area contributed by atoms with E-state index in [9.17, 15) is 9.59 Å². The van der Waals surface area contributed by atoms with E-state index < -0.39 is 0 Å². The zero-order chi connectivity index (χ0) is 14.6. The van der Waals surface area contributed by atoms with Gasteiger partial charge in [0.1, 0.15) is 5.76 Å². The Bertz CT molecular complexity index is 463. The summed E-state index contributed by atoms with van der Waals surface area (Å²) in [6.45, 7) is 9.35. The highest BCUT2D eigenvalue weighted by Gasteiger charge is 2.20. The molecule has 1 amide bonds. The highest BCUT2D eigenvalue weighted by molar-refractivity contribution is 8.14. The molecule has 0 aliphatic heterocycles. The molecule has 0 fully saturated rings. The molecule has 0 spiro atoms. The van der Waals surface area contributed by atoms with Crippen molar-refractivity contribution < 1.29 is 14.1 Å². The van der Waals surface area contributed by atoms with Gasteiger partial charge in [0, 0.05) is 30.1 Å². The summed E-state index contributed by atoms with van der Waals surface area (Å²) >= 11 is 1.16. The standard InChI is InChI=1S/C13H20N2O3S/c1-8(19-9(2)16)6-12(17)14-11-7-10(18-15-11)13(3,4)5/h7-8H,6H2,1-5H3,(H,14,15,17). The van der Waals surface area contributed by atoms with Gasteiger partial charge >= 0.3 is 0 Å². The second kappa shape index (κ2) is 6.23. The molecule has 1 N–H and O–H groups in total. The van der Waals surface area contributed by atoms with E-state index in [2.05, 4.69) is 10.5 Å². The van der Waals surface area contributed by atoms with Crippen molar-refractivity contribution in [1.82, 2.24) is 5.16 Å². The first-order chi connectivity index (χ1) is 8.68. The average Bonchev–Trinajstić information content (AvgIpc) is 2.63. The van der Waals surface area contributed by atoms with Crippen LogP contribution in [0.5, 0.6) is 0 Å². The van der Waals surface area contributed by atoms with E-state index in [4.69, 9.17) is 4.52 Å². The van der Waals surface area contributed by atoms with Crippen LogP contribution in [-0.2, 0) is 15.0 Å². The maximum atomic E-state index is 11.7. The third-order valence-corrected chi connectivity index (χ3v) is 3.26. The number of amides is 1. The highest BCUT2D eigenvalue weighted by Crippen LogP contribution is 2.24. The summed E-state index contributed by atoms with van der Waals surface area (Å²) in [4.78, 5) is 22.7. The van der Waals surface area contributed by atoms with Crippen LogP contribution < -0.4 is 5.32 Å². The van der Waals surface area contributed by atoms with Crippen molar-refractivity contribution >= 4 is 28.6 Å². The van der Waals surface area contributed by atoms with Crippen LogP contribution in [0.3, 0.4) is 0 Å². The number of carbonyl (C=O) groups is 2. The van der Waals surface area contributed by atoms with Gasteiger partial charge in [-0.3, -0.25) is 9.59 Å². The molecule has 6 heteroatoms. The number of hydrogen-bond acceptors (Lipinski definition) is 5. The lowest BCUT2D eigenvalue weighted by Crippen LogP contribution is -2.17. The minimum Gasteiger partial charge on any atom is -0.359 e. The lowest BCUT2D eigenvalue weighted by molar-refractivity contribution is -0.116. The summed E-state index contributed by atoms with van der Waals surface area (Å²) in [5.41, 5.74) is -0.145. The largest absolute Gasteiger partial charge is 0.359 e. The third-order valence-electron chi connectivity index (χ3n) is 2.36. The Labute approximate surface area is 117 Å². The molecule has 0 aliphatic rings. The Morgan fingerprint density at radius 2 is 2.11 bits per heavy atom. The first kappa shape index (κ1) is 15.8. The number of anilines is 1. The Kier molecular flexibility index (Phi) is 5.17. The van der Waals surface area contributed by atoms with Crippen molar-refractivity contribution in [2.24, 2.45) is 0 Å². The molecule has 0 aliphatic carbocycles. The molecule has 19 heavy (non-hydrogen) atoms. The number of hydrogen-bond donors (Lipinski definition) is 1. The van der Waals surface area contributed by atoms with Gasteiger partial charge in [-0.2, -0.15) is 0 Å². The van der Waals surface area contributed by atoms with Crippen molar-refractivity contribution in [3.63, 3.8) is 0 Å². The molecule has 1 atom stereocenters. The minimum atomic E-state index is -0.171. The Hall–Kier alpha value is -1.30. The Balaban J connectivity index is 2.53. The highest BCUT2D eigenvalue weighted by atomic mass is 32.2. The molecular formula is C13H20N2O3S. The van der Waals surface area contributed by atoms with E-state index in [1.165, 1.54) is 6.92 Å². The normalized spacial score (nSPS) is 13.1. The van der Waals surface area contributed by atoms with Gasteiger partial charge in [-0.05, 0) is 0 Å². The monoisotopic (exact) mass is 284 g/mol. The van der Waals surface area contributed by atoms with E-state index in [1.54, 1.807) is 6.07 Å². The summed E-state index contributed by atoms with van der Waals surface area (Å²) in [7, 11) is 0. The van der Waals surface area contributed by atoms with E-state index in [1.807, 2.05) is 27.7 Å². The van der Waals surface area contributed by atoms with Crippen molar-refractivity contribution in [3.8, 4) is 0 Å². The molecule has 0 saturated carbocycles. The van der Waals surface area contributed by atoms with Crippen LogP contribution in [-0.4, -0.2) is 21.4 Å². The number of nitrogens with zero attached hydrogens (tertiary/aromatic N) is 1. The number of carbonyl (C=O) groups excluding carboxylic acids is 2. The molecule has 0 bridgehead atoms. The minimum absolute atomic E-state index is 0.0109. The fraction of sp³-hybridized carbons (Fsp3) is 0.615.